The third-order valence-electron chi connectivity index (χ3n) is 3.99. The first-order chi connectivity index (χ1) is 11.5. The van der Waals surface area contributed by atoms with Gasteiger partial charge in [0.05, 0.1) is 11.1 Å². The zero-order chi connectivity index (χ0) is 17.3. The second-order valence-corrected chi connectivity index (χ2v) is 7.16. The molecule has 0 radical (unpaired) electrons. The summed E-state index contributed by atoms with van der Waals surface area (Å²) in [5.41, 5.74) is 2.23. The first-order valence-electron chi connectivity index (χ1n) is 7.74. The Kier molecular flexibility index (Phi) is 4.88. The van der Waals surface area contributed by atoms with Crippen molar-refractivity contribution in [1.82, 2.24) is 5.32 Å². The first-order valence-corrected chi connectivity index (χ1v) is 8.94. The Morgan fingerprint density at radius 3 is 2.62 bits per heavy atom. The fourth-order valence-electron chi connectivity index (χ4n) is 2.63. The van der Waals surface area contributed by atoms with Crippen molar-refractivity contribution in [2.45, 2.75) is 26.3 Å². The van der Waals surface area contributed by atoms with Crippen molar-refractivity contribution in [3.8, 4) is 0 Å². The number of nitrogens with one attached hydrogen (secondary N) is 1. The molecular formula is C19H17ClFNOS. The van der Waals surface area contributed by atoms with E-state index >= 15 is 0 Å². The van der Waals surface area contributed by atoms with Crippen molar-refractivity contribution in [3.63, 3.8) is 0 Å². The lowest BCUT2D eigenvalue weighted by Gasteiger charge is -2.17. The van der Waals surface area contributed by atoms with E-state index in [9.17, 15) is 9.18 Å². The van der Waals surface area contributed by atoms with Crippen LogP contribution in [0.25, 0.3) is 10.1 Å². The van der Waals surface area contributed by atoms with Gasteiger partial charge in [-0.15, -0.1) is 11.3 Å². The SMILES string of the molecule is CCC(NC(=O)c1sc2cc(F)ccc2c1Cl)c1ccc(C)cc1. The van der Waals surface area contributed by atoms with Gasteiger partial charge >= 0.3 is 0 Å². The Bertz CT molecular complexity index is 888. The molecule has 0 saturated carbocycles. The van der Waals surface area contributed by atoms with Crippen LogP contribution in [0.2, 0.25) is 5.02 Å². The van der Waals surface area contributed by atoms with E-state index in [1.54, 1.807) is 6.07 Å². The third kappa shape index (κ3) is 3.30. The largest absolute Gasteiger partial charge is 0.345 e. The Hall–Kier alpha value is -1.91. The summed E-state index contributed by atoms with van der Waals surface area (Å²) in [5, 5.41) is 4.11. The molecule has 124 valence electrons. The fraction of sp³-hybridized carbons (Fsp3) is 0.211. The summed E-state index contributed by atoms with van der Waals surface area (Å²) in [4.78, 5) is 13.1. The smallest absolute Gasteiger partial charge is 0.263 e. The zero-order valence-electron chi connectivity index (χ0n) is 13.4. The van der Waals surface area contributed by atoms with Gasteiger partial charge in [0.25, 0.3) is 5.91 Å². The van der Waals surface area contributed by atoms with Crippen LogP contribution in [0.3, 0.4) is 0 Å². The number of thiophene rings is 1. The highest BCUT2D eigenvalue weighted by atomic mass is 35.5. The quantitative estimate of drug-likeness (QED) is 0.617. The van der Waals surface area contributed by atoms with E-state index < -0.39 is 0 Å². The molecule has 1 unspecified atom stereocenters. The molecule has 0 fully saturated rings. The van der Waals surface area contributed by atoms with Crippen LogP contribution in [0, 0.1) is 12.7 Å². The van der Waals surface area contributed by atoms with Crippen molar-refractivity contribution < 1.29 is 9.18 Å². The molecule has 1 aromatic heterocycles. The summed E-state index contributed by atoms with van der Waals surface area (Å²) in [5.74, 6) is -0.563. The van der Waals surface area contributed by atoms with E-state index in [2.05, 4.69) is 5.32 Å². The van der Waals surface area contributed by atoms with Gasteiger partial charge in [-0.25, -0.2) is 4.39 Å². The number of aryl methyl sites for hydroxylation is 1. The highest BCUT2D eigenvalue weighted by Gasteiger charge is 2.20. The summed E-state index contributed by atoms with van der Waals surface area (Å²) in [7, 11) is 0. The summed E-state index contributed by atoms with van der Waals surface area (Å²) in [6, 6.07) is 12.4. The van der Waals surface area contributed by atoms with Gasteiger partial charge in [-0.1, -0.05) is 48.4 Å². The number of benzene rings is 2. The molecule has 2 nitrogen and oxygen atoms in total. The van der Waals surface area contributed by atoms with Gasteiger partial charge in [-0.3, -0.25) is 4.79 Å². The lowest BCUT2D eigenvalue weighted by atomic mass is 10.0. The molecule has 0 aliphatic heterocycles. The maximum atomic E-state index is 13.4. The monoisotopic (exact) mass is 361 g/mol. The Morgan fingerprint density at radius 1 is 1.25 bits per heavy atom. The number of hydrogen-bond acceptors (Lipinski definition) is 2. The number of fused-ring (bicyclic) bond motifs is 1. The molecule has 1 amide bonds. The van der Waals surface area contributed by atoms with Crippen molar-refractivity contribution in [1.29, 1.82) is 0 Å². The van der Waals surface area contributed by atoms with Crippen LogP contribution in [0.1, 0.15) is 40.2 Å². The number of carbonyl (C=O) groups excluding carboxylic acids is 1. The van der Waals surface area contributed by atoms with E-state index in [0.29, 0.717) is 20.0 Å². The average molecular weight is 362 g/mol. The highest BCUT2D eigenvalue weighted by Crippen LogP contribution is 2.36. The van der Waals surface area contributed by atoms with Gasteiger partial charge in [-0.05, 0) is 37.1 Å². The molecular weight excluding hydrogens is 345 g/mol. The topological polar surface area (TPSA) is 29.1 Å². The molecule has 0 spiro atoms. The maximum Gasteiger partial charge on any atom is 0.263 e. The molecule has 1 heterocycles. The number of halogens is 2. The van der Waals surface area contributed by atoms with Crippen LogP contribution < -0.4 is 5.32 Å². The van der Waals surface area contributed by atoms with Gasteiger partial charge in [-0.2, -0.15) is 0 Å². The van der Waals surface area contributed by atoms with Gasteiger partial charge in [0.1, 0.15) is 10.7 Å². The van der Waals surface area contributed by atoms with Crippen LogP contribution in [0.5, 0.6) is 0 Å². The highest BCUT2D eigenvalue weighted by molar-refractivity contribution is 7.21. The van der Waals surface area contributed by atoms with Gasteiger partial charge in [0, 0.05) is 10.1 Å². The molecule has 24 heavy (non-hydrogen) atoms. The Balaban J connectivity index is 1.88. The van der Waals surface area contributed by atoms with Gasteiger partial charge < -0.3 is 5.32 Å². The van der Waals surface area contributed by atoms with Crippen LogP contribution in [0.15, 0.2) is 42.5 Å². The fourth-order valence-corrected chi connectivity index (χ4v) is 4.07. The Labute approximate surface area is 149 Å². The normalized spacial score (nSPS) is 12.3. The molecule has 3 aromatic rings. The van der Waals surface area contributed by atoms with Crippen LogP contribution in [-0.2, 0) is 0 Å². The zero-order valence-corrected chi connectivity index (χ0v) is 15.0. The molecule has 1 atom stereocenters. The van der Waals surface area contributed by atoms with E-state index in [-0.39, 0.29) is 17.8 Å². The molecule has 0 saturated heterocycles. The van der Waals surface area contributed by atoms with E-state index in [1.165, 1.54) is 29.0 Å². The second-order valence-electron chi connectivity index (χ2n) is 5.73. The van der Waals surface area contributed by atoms with Crippen molar-refractivity contribution in [3.05, 3.63) is 69.3 Å². The summed E-state index contributed by atoms with van der Waals surface area (Å²) in [6.45, 7) is 4.05. The first kappa shape index (κ1) is 16.9. The molecule has 5 heteroatoms. The third-order valence-corrected chi connectivity index (χ3v) is 5.65. The van der Waals surface area contributed by atoms with Crippen molar-refractivity contribution >= 4 is 38.9 Å². The lowest BCUT2D eigenvalue weighted by Crippen LogP contribution is -2.27. The van der Waals surface area contributed by atoms with Crippen LogP contribution in [0.4, 0.5) is 4.39 Å². The minimum absolute atomic E-state index is 0.0869. The van der Waals surface area contributed by atoms with Crippen LogP contribution in [-0.4, -0.2) is 5.91 Å². The molecule has 0 bridgehead atoms. The summed E-state index contributed by atoms with van der Waals surface area (Å²) in [6.07, 6.45) is 0.770. The van der Waals surface area contributed by atoms with E-state index in [0.717, 1.165) is 12.0 Å². The van der Waals surface area contributed by atoms with Gasteiger partial charge in [0.15, 0.2) is 0 Å². The molecule has 1 N–H and O–H groups in total. The number of carbonyl (C=O) groups is 1. The standard InChI is InChI=1S/C19H17ClFNOS/c1-3-15(12-6-4-11(2)5-7-12)22-19(23)18-17(20)14-9-8-13(21)10-16(14)24-18/h4-10,15H,3H2,1-2H3,(H,22,23). The Morgan fingerprint density at radius 2 is 1.96 bits per heavy atom. The number of hydrogen-bond donors (Lipinski definition) is 1. The average Bonchev–Trinajstić information content (AvgIpc) is 2.89. The number of rotatable bonds is 4. The predicted molar refractivity (Wildman–Crippen MR) is 98.5 cm³/mol. The predicted octanol–water partition coefficient (Wildman–Crippen LogP) is 5.88. The summed E-state index contributed by atoms with van der Waals surface area (Å²) < 4.78 is 14.0. The second kappa shape index (κ2) is 6.91. The van der Waals surface area contributed by atoms with E-state index in [4.69, 9.17) is 11.6 Å². The molecule has 0 aliphatic rings. The van der Waals surface area contributed by atoms with Crippen LogP contribution >= 0.6 is 22.9 Å². The van der Waals surface area contributed by atoms with Crippen molar-refractivity contribution in [2.24, 2.45) is 0 Å². The van der Waals surface area contributed by atoms with Gasteiger partial charge in [0.2, 0.25) is 0 Å². The summed E-state index contributed by atoms with van der Waals surface area (Å²) >= 11 is 7.54. The minimum atomic E-state index is -0.335. The van der Waals surface area contributed by atoms with Crippen molar-refractivity contribution in [2.75, 3.05) is 0 Å². The number of amides is 1. The molecule has 2 aromatic carbocycles. The molecule has 0 aliphatic carbocycles. The molecule has 3 rings (SSSR count). The lowest BCUT2D eigenvalue weighted by molar-refractivity contribution is 0.0940. The van der Waals surface area contributed by atoms with E-state index in [1.807, 2.05) is 38.1 Å². The maximum absolute atomic E-state index is 13.4. The minimum Gasteiger partial charge on any atom is -0.345 e.